The molecule has 2 heterocycles. The van der Waals surface area contributed by atoms with Gasteiger partial charge in [-0.2, -0.15) is 10.4 Å². The fourth-order valence-electron chi connectivity index (χ4n) is 1.77. The van der Waals surface area contributed by atoms with Gasteiger partial charge in [-0.15, -0.1) is 5.10 Å². The third kappa shape index (κ3) is 2.42. The molecule has 1 N–H and O–H groups in total. The maximum atomic E-state index is 11.6. The topological polar surface area (TPSA) is 92.3 Å². The third-order valence-electron chi connectivity index (χ3n) is 2.64. The number of H-pyrrole nitrogens is 1. The number of nitrogens with one attached hydrogen (secondary N) is 1. The Hall–Kier alpha value is -2.01. The molecule has 0 saturated carbocycles. The van der Waals surface area contributed by atoms with Crippen LogP contribution in [0.25, 0.3) is 0 Å². The van der Waals surface area contributed by atoms with Crippen LogP contribution in [0, 0.1) is 18.3 Å². The first-order chi connectivity index (χ1) is 9.08. The van der Waals surface area contributed by atoms with Gasteiger partial charge in [0.2, 0.25) is 0 Å². The molecule has 0 saturated heterocycles. The van der Waals surface area contributed by atoms with E-state index in [0.29, 0.717) is 28.0 Å². The molecule has 0 amide bonds. The maximum absolute atomic E-state index is 11.6. The third-order valence-corrected chi connectivity index (χ3v) is 3.80. The van der Waals surface area contributed by atoms with Gasteiger partial charge in [-0.25, -0.2) is 9.89 Å². The van der Waals surface area contributed by atoms with E-state index in [2.05, 4.69) is 21.4 Å². The summed E-state index contributed by atoms with van der Waals surface area (Å²) in [5.74, 6) is 0. The normalized spacial score (nSPS) is 10.6. The average Bonchev–Trinajstić information content (AvgIpc) is 2.84. The van der Waals surface area contributed by atoms with Crippen molar-refractivity contribution < 1.29 is 0 Å². The summed E-state index contributed by atoms with van der Waals surface area (Å²) in [5.41, 5.74) is 0.958. The maximum Gasteiger partial charge on any atom is 0.343 e. The van der Waals surface area contributed by atoms with Gasteiger partial charge in [-0.3, -0.25) is 9.25 Å². The molecule has 19 heavy (non-hydrogen) atoms. The molecule has 2 rings (SSSR count). The van der Waals surface area contributed by atoms with Gasteiger partial charge in [0.15, 0.2) is 5.16 Å². The van der Waals surface area contributed by atoms with E-state index in [9.17, 15) is 4.79 Å². The summed E-state index contributed by atoms with van der Waals surface area (Å²) >= 11 is 1.27. The van der Waals surface area contributed by atoms with Crippen LogP contribution in [0.2, 0.25) is 0 Å². The average molecular weight is 278 g/mol. The highest BCUT2D eigenvalue weighted by Crippen LogP contribution is 2.29. The molecular formula is C11H14N6OS. The summed E-state index contributed by atoms with van der Waals surface area (Å²) in [6, 6.07) is 2.13. The first-order valence-corrected chi connectivity index (χ1v) is 6.66. The van der Waals surface area contributed by atoms with E-state index in [0.717, 1.165) is 6.42 Å². The van der Waals surface area contributed by atoms with Gasteiger partial charge < -0.3 is 0 Å². The fraction of sp³-hybridized carbons (Fsp3) is 0.455. The van der Waals surface area contributed by atoms with Crippen LogP contribution in [0.1, 0.15) is 24.6 Å². The Bertz CT molecular complexity index is 689. The molecule has 2 aromatic rings. The lowest BCUT2D eigenvalue weighted by Gasteiger charge is -2.04. The zero-order valence-corrected chi connectivity index (χ0v) is 11.8. The predicted molar refractivity (Wildman–Crippen MR) is 69.9 cm³/mol. The second-order valence-electron chi connectivity index (χ2n) is 4.07. The molecule has 0 aromatic carbocycles. The SMILES string of the molecule is CCCn1c(Sc2c(C#N)c(C)nn2C)n[nH]c1=O. The summed E-state index contributed by atoms with van der Waals surface area (Å²) in [7, 11) is 1.77. The number of rotatable bonds is 4. The Kier molecular flexibility index (Phi) is 3.76. The first kappa shape index (κ1) is 13.4. The molecule has 8 heteroatoms. The number of aromatic amines is 1. The Morgan fingerprint density at radius 3 is 2.89 bits per heavy atom. The Morgan fingerprint density at radius 1 is 1.53 bits per heavy atom. The number of nitriles is 1. The van der Waals surface area contributed by atoms with Crippen molar-refractivity contribution in [2.45, 2.75) is 37.0 Å². The number of aromatic nitrogens is 5. The van der Waals surface area contributed by atoms with Gasteiger partial charge in [0.1, 0.15) is 16.7 Å². The second-order valence-corrected chi connectivity index (χ2v) is 5.02. The van der Waals surface area contributed by atoms with Crippen LogP contribution in [0.3, 0.4) is 0 Å². The molecule has 0 bridgehead atoms. The van der Waals surface area contributed by atoms with Crippen molar-refractivity contribution in [3.05, 3.63) is 21.7 Å². The van der Waals surface area contributed by atoms with Crippen LogP contribution in [-0.2, 0) is 13.6 Å². The summed E-state index contributed by atoms with van der Waals surface area (Å²) in [6.45, 7) is 4.37. The summed E-state index contributed by atoms with van der Waals surface area (Å²) in [5, 5.41) is 21.0. The highest BCUT2D eigenvalue weighted by Gasteiger charge is 2.18. The molecule has 0 aliphatic rings. The lowest BCUT2D eigenvalue weighted by Crippen LogP contribution is -2.17. The molecule has 0 aliphatic carbocycles. The Morgan fingerprint density at radius 2 is 2.26 bits per heavy atom. The molecule has 7 nitrogen and oxygen atoms in total. The van der Waals surface area contributed by atoms with Crippen molar-refractivity contribution in [3.8, 4) is 6.07 Å². The minimum Gasteiger partial charge on any atom is -0.270 e. The highest BCUT2D eigenvalue weighted by atomic mass is 32.2. The predicted octanol–water partition coefficient (Wildman–Crippen LogP) is 1.05. The Balaban J connectivity index is 2.42. The number of hydrogen-bond donors (Lipinski definition) is 1. The zero-order chi connectivity index (χ0) is 14.0. The Labute approximate surface area is 114 Å². The molecule has 0 atom stereocenters. The quantitative estimate of drug-likeness (QED) is 0.902. The van der Waals surface area contributed by atoms with Gasteiger partial charge in [0, 0.05) is 13.6 Å². The molecule has 100 valence electrons. The van der Waals surface area contributed by atoms with Crippen molar-refractivity contribution in [1.82, 2.24) is 24.5 Å². The smallest absolute Gasteiger partial charge is 0.270 e. The van der Waals surface area contributed by atoms with Gasteiger partial charge in [-0.1, -0.05) is 6.92 Å². The number of nitrogens with zero attached hydrogens (tertiary/aromatic N) is 5. The van der Waals surface area contributed by atoms with Crippen molar-refractivity contribution in [2.75, 3.05) is 0 Å². The van der Waals surface area contributed by atoms with E-state index in [1.165, 1.54) is 11.8 Å². The zero-order valence-electron chi connectivity index (χ0n) is 11.0. The van der Waals surface area contributed by atoms with Crippen LogP contribution in [0.4, 0.5) is 0 Å². The van der Waals surface area contributed by atoms with E-state index >= 15 is 0 Å². The molecule has 0 fully saturated rings. The molecule has 0 radical (unpaired) electrons. The van der Waals surface area contributed by atoms with Crippen LogP contribution >= 0.6 is 11.8 Å². The van der Waals surface area contributed by atoms with Crippen LogP contribution < -0.4 is 5.69 Å². The minimum absolute atomic E-state index is 0.234. The standard InChI is InChI=1S/C11H14N6OS/c1-4-5-17-10(18)13-14-11(17)19-9-8(6-12)7(2)15-16(9)3/h4-5H2,1-3H3,(H,13,18). The van der Waals surface area contributed by atoms with E-state index < -0.39 is 0 Å². The number of aryl methyl sites for hydroxylation is 2. The molecule has 0 unspecified atom stereocenters. The second kappa shape index (κ2) is 5.32. The number of hydrogen-bond acceptors (Lipinski definition) is 5. The van der Waals surface area contributed by atoms with Crippen molar-refractivity contribution >= 4 is 11.8 Å². The molecular weight excluding hydrogens is 264 g/mol. The monoisotopic (exact) mass is 278 g/mol. The van der Waals surface area contributed by atoms with Crippen LogP contribution in [0.5, 0.6) is 0 Å². The van der Waals surface area contributed by atoms with Gasteiger partial charge in [-0.05, 0) is 25.1 Å². The van der Waals surface area contributed by atoms with E-state index in [4.69, 9.17) is 5.26 Å². The van der Waals surface area contributed by atoms with E-state index in [1.54, 1.807) is 23.2 Å². The van der Waals surface area contributed by atoms with Gasteiger partial charge in [0.05, 0.1) is 5.69 Å². The first-order valence-electron chi connectivity index (χ1n) is 5.85. The summed E-state index contributed by atoms with van der Waals surface area (Å²) in [6.07, 6.45) is 0.836. The lowest BCUT2D eigenvalue weighted by atomic mass is 10.3. The highest BCUT2D eigenvalue weighted by molar-refractivity contribution is 7.99. The van der Waals surface area contributed by atoms with Crippen molar-refractivity contribution in [2.24, 2.45) is 7.05 Å². The fourth-order valence-corrected chi connectivity index (χ4v) is 2.79. The van der Waals surface area contributed by atoms with Crippen molar-refractivity contribution in [3.63, 3.8) is 0 Å². The van der Waals surface area contributed by atoms with Crippen LogP contribution in [-0.4, -0.2) is 24.5 Å². The summed E-state index contributed by atoms with van der Waals surface area (Å²) in [4.78, 5) is 11.6. The van der Waals surface area contributed by atoms with Gasteiger partial charge in [0.25, 0.3) is 0 Å². The molecule has 2 aromatic heterocycles. The molecule has 0 spiro atoms. The van der Waals surface area contributed by atoms with E-state index in [1.807, 2.05) is 6.92 Å². The lowest BCUT2D eigenvalue weighted by molar-refractivity contribution is 0.601. The summed E-state index contributed by atoms with van der Waals surface area (Å²) < 4.78 is 3.20. The van der Waals surface area contributed by atoms with Crippen molar-refractivity contribution in [1.29, 1.82) is 5.26 Å². The van der Waals surface area contributed by atoms with Gasteiger partial charge >= 0.3 is 5.69 Å². The largest absolute Gasteiger partial charge is 0.343 e. The van der Waals surface area contributed by atoms with Crippen LogP contribution in [0.15, 0.2) is 15.0 Å². The minimum atomic E-state index is -0.234. The van der Waals surface area contributed by atoms with E-state index in [-0.39, 0.29) is 5.69 Å². The molecule has 0 aliphatic heterocycles.